The molecule has 1 rings (SSSR count). The number of esters is 1. The summed E-state index contributed by atoms with van der Waals surface area (Å²) in [6, 6.07) is 7.71. The van der Waals surface area contributed by atoms with Gasteiger partial charge in [0.15, 0.2) is 6.17 Å². The molecule has 1 aromatic rings. The van der Waals surface area contributed by atoms with Gasteiger partial charge in [0.2, 0.25) is 6.17 Å². The third kappa shape index (κ3) is 5.11. The van der Waals surface area contributed by atoms with Gasteiger partial charge in [-0.3, -0.25) is 0 Å². The van der Waals surface area contributed by atoms with Crippen LogP contribution < -0.4 is 0 Å². The molecule has 0 spiro atoms. The minimum atomic E-state index is -5.69. The van der Waals surface area contributed by atoms with E-state index >= 15 is 0 Å². The van der Waals surface area contributed by atoms with E-state index in [0.717, 1.165) is 0 Å². The Morgan fingerprint density at radius 2 is 1.57 bits per heavy atom. The maximum absolute atomic E-state index is 13.5. The van der Waals surface area contributed by atoms with Gasteiger partial charge in [0.05, 0.1) is 0 Å². The van der Waals surface area contributed by atoms with Gasteiger partial charge in [-0.15, -0.1) is 0 Å². The number of alkyl halides is 7. The molecule has 0 amide bonds. The standard InChI is InChI=1S/C14H13F7O2/c1-7(8-5-3-2-4-6-8)23-13(22)11(16)10(15)9(12(17)18)14(19,20)21/h2-7,9-12H,1H3. The minimum Gasteiger partial charge on any atom is -0.456 e. The number of halogens is 7. The molecule has 0 N–H and O–H groups in total. The van der Waals surface area contributed by atoms with E-state index in [9.17, 15) is 35.5 Å². The van der Waals surface area contributed by atoms with Crippen molar-refractivity contribution in [1.82, 2.24) is 0 Å². The van der Waals surface area contributed by atoms with Crippen molar-refractivity contribution in [1.29, 1.82) is 0 Å². The molecule has 130 valence electrons. The lowest BCUT2D eigenvalue weighted by atomic mass is 9.99. The van der Waals surface area contributed by atoms with Gasteiger partial charge in [0, 0.05) is 0 Å². The number of carbonyl (C=O) groups is 1. The van der Waals surface area contributed by atoms with Crippen molar-refractivity contribution in [3.05, 3.63) is 35.9 Å². The fraction of sp³-hybridized carbons (Fsp3) is 0.500. The molecule has 4 atom stereocenters. The quantitative estimate of drug-likeness (QED) is 0.563. The van der Waals surface area contributed by atoms with Crippen LogP contribution in [0.2, 0.25) is 0 Å². The first kappa shape index (κ1) is 19.2. The lowest BCUT2D eigenvalue weighted by molar-refractivity contribution is -0.231. The molecule has 0 bridgehead atoms. The van der Waals surface area contributed by atoms with Crippen molar-refractivity contribution >= 4 is 5.97 Å². The van der Waals surface area contributed by atoms with E-state index in [0.29, 0.717) is 5.56 Å². The van der Waals surface area contributed by atoms with Crippen LogP contribution in [0.15, 0.2) is 30.3 Å². The molecule has 0 aliphatic rings. The van der Waals surface area contributed by atoms with E-state index in [1.807, 2.05) is 0 Å². The van der Waals surface area contributed by atoms with Gasteiger partial charge >= 0.3 is 12.1 Å². The third-order valence-corrected chi connectivity index (χ3v) is 3.06. The van der Waals surface area contributed by atoms with Crippen LogP contribution in [0.1, 0.15) is 18.6 Å². The summed E-state index contributed by atoms with van der Waals surface area (Å²) in [6.07, 6.45) is -18.2. The van der Waals surface area contributed by atoms with Crippen molar-refractivity contribution in [2.75, 3.05) is 0 Å². The van der Waals surface area contributed by atoms with Gasteiger partial charge in [-0.1, -0.05) is 30.3 Å². The van der Waals surface area contributed by atoms with Crippen LogP contribution in [0, 0.1) is 5.92 Å². The number of rotatable bonds is 6. The summed E-state index contributed by atoms with van der Waals surface area (Å²) < 4.78 is 93.1. The number of hydrogen-bond donors (Lipinski definition) is 0. The zero-order chi connectivity index (χ0) is 17.8. The Bertz CT molecular complexity index is 504. The van der Waals surface area contributed by atoms with Crippen LogP contribution in [0.3, 0.4) is 0 Å². The smallest absolute Gasteiger partial charge is 0.400 e. The maximum Gasteiger partial charge on any atom is 0.400 e. The predicted octanol–water partition coefficient (Wildman–Crippen LogP) is 4.41. The van der Waals surface area contributed by atoms with Crippen molar-refractivity contribution < 1.29 is 40.3 Å². The SMILES string of the molecule is CC(OC(=O)C(F)C(F)C(C(F)F)C(F)(F)F)c1ccccc1. The average Bonchev–Trinajstić information content (AvgIpc) is 2.45. The third-order valence-electron chi connectivity index (χ3n) is 3.06. The van der Waals surface area contributed by atoms with Crippen LogP contribution in [0.25, 0.3) is 0 Å². The molecule has 0 heterocycles. The van der Waals surface area contributed by atoms with Crippen LogP contribution in [0.4, 0.5) is 30.7 Å². The molecule has 0 aliphatic heterocycles. The molecular formula is C14H13F7O2. The van der Waals surface area contributed by atoms with E-state index in [1.165, 1.54) is 19.1 Å². The summed E-state index contributed by atoms with van der Waals surface area (Å²) in [5.41, 5.74) is 0.379. The molecule has 0 aliphatic carbocycles. The maximum atomic E-state index is 13.5. The molecule has 0 fully saturated rings. The topological polar surface area (TPSA) is 26.3 Å². The predicted molar refractivity (Wildman–Crippen MR) is 66.3 cm³/mol. The van der Waals surface area contributed by atoms with Gasteiger partial charge in [-0.05, 0) is 12.5 Å². The van der Waals surface area contributed by atoms with Gasteiger partial charge in [-0.25, -0.2) is 22.4 Å². The monoisotopic (exact) mass is 346 g/mol. The van der Waals surface area contributed by atoms with E-state index in [1.54, 1.807) is 18.2 Å². The summed E-state index contributed by atoms with van der Waals surface area (Å²) in [5, 5.41) is 0. The molecule has 23 heavy (non-hydrogen) atoms. The highest BCUT2D eigenvalue weighted by Gasteiger charge is 2.55. The normalized spacial score (nSPS) is 17.4. The summed E-state index contributed by atoms with van der Waals surface area (Å²) in [6.45, 7) is 1.28. The molecular weight excluding hydrogens is 333 g/mol. The van der Waals surface area contributed by atoms with E-state index in [-0.39, 0.29) is 0 Å². The second kappa shape index (κ2) is 7.65. The summed E-state index contributed by atoms with van der Waals surface area (Å²) in [5.74, 6) is -5.87. The molecule has 0 aromatic heterocycles. The van der Waals surface area contributed by atoms with Gasteiger partial charge in [0.1, 0.15) is 12.0 Å². The lowest BCUT2D eigenvalue weighted by Gasteiger charge is -2.25. The molecule has 0 radical (unpaired) electrons. The largest absolute Gasteiger partial charge is 0.456 e. The molecule has 4 unspecified atom stereocenters. The molecule has 0 saturated heterocycles. The van der Waals surface area contributed by atoms with Gasteiger partial charge < -0.3 is 4.74 Å². The Hall–Kier alpha value is -1.80. The van der Waals surface area contributed by atoms with Crippen LogP contribution in [-0.2, 0) is 9.53 Å². The number of benzene rings is 1. The Labute approximate surface area is 127 Å². The lowest BCUT2D eigenvalue weighted by Crippen LogP contribution is -2.45. The highest BCUT2D eigenvalue weighted by molar-refractivity contribution is 5.75. The van der Waals surface area contributed by atoms with Crippen molar-refractivity contribution in [2.24, 2.45) is 5.92 Å². The summed E-state index contributed by atoms with van der Waals surface area (Å²) in [7, 11) is 0. The van der Waals surface area contributed by atoms with Crippen LogP contribution >= 0.6 is 0 Å². The van der Waals surface area contributed by atoms with E-state index in [4.69, 9.17) is 0 Å². The zero-order valence-electron chi connectivity index (χ0n) is 11.7. The molecule has 2 nitrogen and oxygen atoms in total. The number of ether oxygens (including phenoxy) is 1. The first-order valence-corrected chi connectivity index (χ1v) is 6.44. The second-order valence-electron chi connectivity index (χ2n) is 4.74. The van der Waals surface area contributed by atoms with Crippen molar-refractivity contribution in [3.63, 3.8) is 0 Å². The average molecular weight is 346 g/mol. The fourth-order valence-corrected chi connectivity index (χ4v) is 1.81. The zero-order valence-corrected chi connectivity index (χ0v) is 11.7. The van der Waals surface area contributed by atoms with Gasteiger partial charge in [-0.2, -0.15) is 13.2 Å². The van der Waals surface area contributed by atoms with Crippen LogP contribution in [0.5, 0.6) is 0 Å². The Kier molecular flexibility index (Phi) is 6.40. The highest BCUT2D eigenvalue weighted by Crippen LogP contribution is 2.37. The van der Waals surface area contributed by atoms with E-state index in [2.05, 4.69) is 4.74 Å². The van der Waals surface area contributed by atoms with Crippen LogP contribution in [-0.4, -0.2) is 30.9 Å². The highest BCUT2D eigenvalue weighted by atomic mass is 19.4. The summed E-state index contributed by atoms with van der Waals surface area (Å²) >= 11 is 0. The molecule has 1 aromatic carbocycles. The first-order chi connectivity index (χ1) is 10.6. The van der Waals surface area contributed by atoms with Gasteiger partial charge in [0.25, 0.3) is 6.43 Å². The Morgan fingerprint density at radius 3 is 2.00 bits per heavy atom. The summed E-state index contributed by atoms with van der Waals surface area (Å²) in [4.78, 5) is 11.4. The Balaban J connectivity index is 2.79. The van der Waals surface area contributed by atoms with E-state index < -0.39 is 42.9 Å². The fourth-order valence-electron chi connectivity index (χ4n) is 1.81. The number of carbonyl (C=O) groups excluding carboxylic acids is 1. The Morgan fingerprint density at radius 1 is 1.04 bits per heavy atom. The molecule has 0 saturated carbocycles. The first-order valence-electron chi connectivity index (χ1n) is 6.44. The second-order valence-corrected chi connectivity index (χ2v) is 4.74. The number of hydrogen-bond acceptors (Lipinski definition) is 2. The van der Waals surface area contributed by atoms with Crippen molar-refractivity contribution in [2.45, 2.75) is 38.0 Å². The van der Waals surface area contributed by atoms with Crippen molar-refractivity contribution in [3.8, 4) is 0 Å². The minimum absolute atomic E-state index is 0.379. The molecule has 9 heteroatoms.